The predicted molar refractivity (Wildman–Crippen MR) is 76.4 cm³/mol. The summed E-state index contributed by atoms with van der Waals surface area (Å²) in [6, 6.07) is 7.34. The molecule has 1 amide bonds. The number of benzene rings is 1. The van der Waals surface area contributed by atoms with Crippen LogP contribution in [0.4, 0.5) is 5.69 Å². The molecule has 0 saturated heterocycles. The molecule has 2 heterocycles. The third kappa shape index (κ3) is 3.05. The smallest absolute Gasteiger partial charge is 0.339 e. The van der Waals surface area contributed by atoms with Gasteiger partial charge in [-0.1, -0.05) is 0 Å². The summed E-state index contributed by atoms with van der Waals surface area (Å²) in [6.45, 7) is 0.236. The summed E-state index contributed by atoms with van der Waals surface area (Å²) in [7, 11) is 0. The fraction of sp³-hybridized carbons (Fsp3) is 0.200. The molecule has 1 aliphatic rings. The van der Waals surface area contributed by atoms with Gasteiger partial charge in [-0.3, -0.25) is 14.9 Å². The molecular formula is C15H12N2O6. The molecule has 23 heavy (non-hydrogen) atoms. The Morgan fingerprint density at radius 1 is 1.35 bits per heavy atom. The molecule has 0 bridgehead atoms. The van der Waals surface area contributed by atoms with Crippen LogP contribution < -0.4 is 5.32 Å². The minimum atomic E-state index is -0.741. The van der Waals surface area contributed by atoms with Crippen LogP contribution in [0.25, 0.3) is 0 Å². The van der Waals surface area contributed by atoms with E-state index in [0.29, 0.717) is 11.3 Å². The number of fused-ring (bicyclic) bond motifs is 1. The van der Waals surface area contributed by atoms with Crippen molar-refractivity contribution in [1.29, 1.82) is 0 Å². The number of rotatable bonds is 5. The number of hydrogen-bond donors (Lipinski definition) is 1. The number of carbonyl (C=O) groups excluding carboxylic acids is 2. The van der Waals surface area contributed by atoms with Crippen LogP contribution in [0.2, 0.25) is 0 Å². The average Bonchev–Trinajstić information content (AvgIpc) is 3.14. The SMILES string of the molecule is O=C(C[C@H]1OC(=O)c2cc([N+](=O)[O-])ccc21)NCc1ccco1. The summed E-state index contributed by atoms with van der Waals surface area (Å²) in [6.07, 6.45) is 0.704. The van der Waals surface area contributed by atoms with E-state index in [1.54, 1.807) is 12.1 Å². The molecule has 0 fully saturated rings. The molecule has 0 unspecified atom stereocenters. The molecule has 8 heteroatoms. The maximum Gasteiger partial charge on any atom is 0.339 e. The lowest BCUT2D eigenvalue weighted by molar-refractivity contribution is -0.384. The molecule has 1 aromatic carbocycles. The topological polar surface area (TPSA) is 112 Å². The Labute approximate surface area is 130 Å². The second-order valence-corrected chi connectivity index (χ2v) is 4.98. The molecule has 0 spiro atoms. The van der Waals surface area contributed by atoms with Crippen LogP contribution >= 0.6 is 0 Å². The summed E-state index contributed by atoms with van der Waals surface area (Å²) >= 11 is 0. The third-order valence-corrected chi connectivity index (χ3v) is 3.47. The Balaban J connectivity index is 1.67. The molecule has 1 aromatic heterocycles. The van der Waals surface area contributed by atoms with Gasteiger partial charge in [0.15, 0.2) is 0 Å². The number of nitro groups is 1. The number of nitrogens with zero attached hydrogens (tertiary/aromatic N) is 1. The Kier molecular flexibility index (Phi) is 3.80. The average molecular weight is 316 g/mol. The van der Waals surface area contributed by atoms with E-state index >= 15 is 0 Å². The summed E-state index contributed by atoms with van der Waals surface area (Å²) < 4.78 is 10.2. The van der Waals surface area contributed by atoms with Crippen molar-refractivity contribution in [2.24, 2.45) is 0 Å². The van der Waals surface area contributed by atoms with Crippen LogP contribution in [0.1, 0.15) is 34.2 Å². The van der Waals surface area contributed by atoms with Gasteiger partial charge < -0.3 is 14.5 Å². The highest BCUT2D eigenvalue weighted by Gasteiger charge is 2.33. The van der Waals surface area contributed by atoms with Gasteiger partial charge in [0.1, 0.15) is 11.9 Å². The van der Waals surface area contributed by atoms with Crippen molar-refractivity contribution in [1.82, 2.24) is 5.32 Å². The van der Waals surface area contributed by atoms with E-state index in [4.69, 9.17) is 9.15 Å². The molecular weight excluding hydrogens is 304 g/mol. The lowest BCUT2D eigenvalue weighted by Gasteiger charge is -2.10. The maximum absolute atomic E-state index is 11.9. The number of non-ortho nitro benzene ring substituents is 1. The second kappa shape index (κ2) is 5.91. The first-order valence-corrected chi connectivity index (χ1v) is 6.83. The van der Waals surface area contributed by atoms with Gasteiger partial charge in [0.2, 0.25) is 5.91 Å². The zero-order valence-electron chi connectivity index (χ0n) is 11.9. The normalized spacial score (nSPS) is 15.8. The zero-order chi connectivity index (χ0) is 16.4. The quantitative estimate of drug-likeness (QED) is 0.513. The Bertz CT molecular complexity index is 768. The second-order valence-electron chi connectivity index (χ2n) is 4.98. The number of esters is 1. The van der Waals surface area contributed by atoms with Crippen molar-refractivity contribution in [3.8, 4) is 0 Å². The monoisotopic (exact) mass is 316 g/mol. The molecule has 1 N–H and O–H groups in total. The fourth-order valence-electron chi connectivity index (χ4n) is 2.36. The number of hydrogen-bond acceptors (Lipinski definition) is 6. The van der Waals surface area contributed by atoms with Crippen LogP contribution in [-0.2, 0) is 16.1 Å². The minimum absolute atomic E-state index is 0.0583. The van der Waals surface area contributed by atoms with E-state index < -0.39 is 17.0 Å². The number of amides is 1. The standard InChI is InChI=1S/C15H12N2O6/c18-14(16-8-10-2-1-5-22-10)7-13-11-4-3-9(17(20)21)6-12(11)15(19)23-13/h1-6,13H,7-8H2,(H,16,18)/t13-/m1/s1. The summed E-state index contributed by atoms with van der Waals surface area (Å²) in [5.74, 6) is -0.365. The van der Waals surface area contributed by atoms with Crippen LogP contribution in [0.3, 0.4) is 0 Å². The highest BCUT2D eigenvalue weighted by molar-refractivity contribution is 5.95. The zero-order valence-corrected chi connectivity index (χ0v) is 11.9. The highest BCUT2D eigenvalue weighted by Crippen LogP contribution is 2.35. The van der Waals surface area contributed by atoms with Crippen molar-refractivity contribution in [3.05, 3.63) is 63.6 Å². The van der Waals surface area contributed by atoms with Gasteiger partial charge in [-0.25, -0.2) is 4.79 Å². The number of ether oxygens (including phenoxy) is 1. The predicted octanol–water partition coefficient (Wildman–Crippen LogP) is 2.11. The van der Waals surface area contributed by atoms with Gasteiger partial charge in [-0.2, -0.15) is 0 Å². The van der Waals surface area contributed by atoms with Gasteiger partial charge in [0.25, 0.3) is 5.69 Å². The number of cyclic esters (lactones) is 1. The Morgan fingerprint density at radius 2 is 2.17 bits per heavy atom. The number of nitro benzene ring substituents is 1. The summed E-state index contributed by atoms with van der Waals surface area (Å²) in [5, 5.41) is 13.4. The number of nitrogens with one attached hydrogen (secondary N) is 1. The van der Waals surface area contributed by atoms with Gasteiger partial charge in [-0.05, 0) is 18.2 Å². The molecule has 1 atom stereocenters. The first-order valence-electron chi connectivity index (χ1n) is 6.83. The highest BCUT2D eigenvalue weighted by atomic mass is 16.6. The first kappa shape index (κ1) is 14.8. The van der Waals surface area contributed by atoms with E-state index in [0.717, 1.165) is 0 Å². The Hall–Kier alpha value is -3.16. The van der Waals surface area contributed by atoms with E-state index in [9.17, 15) is 19.7 Å². The first-order chi connectivity index (χ1) is 11.0. The van der Waals surface area contributed by atoms with Gasteiger partial charge in [0, 0.05) is 17.7 Å². The number of furan rings is 1. The molecule has 1 aliphatic heterocycles. The van der Waals surface area contributed by atoms with Crippen molar-refractivity contribution in [3.63, 3.8) is 0 Å². The lowest BCUT2D eigenvalue weighted by atomic mass is 10.0. The van der Waals surface area contributed by atoms with Crippen LogP contribution in [-0.4, -0.2) is 16.8 Å². The molecule has 0 saturated carbocycles. The van der Waals surface area contributed by atoms with Crippen LogP contribution in [0.15, 0.2) is 41.0 Å². The maximum atomic E-state index is 11.9. The van der Waals surface area contributed by atoms with E-state index in [-0.39, 0.29) is 30.1 Å². The lowest BCUT2D eigenvalue weighted by Crippen LogP contribution is -2.24. The summed E-state index contributed by atoms with van der Waals surface area (Å²) in [5.41, 5.74) is 0.417. The molecule has 3 rings (SSSR count). The van der Waals surface area contributed by atoms with E-state index in [2.05, 4.69) is 5.32 Å². The molecule has 2 aromatic rings. The van der Waals surface area contributed by atoms with E-state index in [1.165, 1.54) is 24.5 Å². The largest absolute Gasteiger partial charge is 0.467 e. The Morgan fingerprint density at radius 3 is 2.87 bits per heavy atom. The van der Waals surface area contributed by atoms with Crippen molar-refractivity contribution in [2.75, 3.05) is 0 Å². The van der Waals surface area contributed by atoms with Gasteiger partial charge >= 0.3 is 5.97 Å². The van der Waals surface area contributed by atoms with Crippen LogP contribution in [0, 0.1) is 10.1 Å². The van der Waals surface area contributed by atoms with Crippen molar-refractivity contribution in [2.45, 2.75) is 19.1 Å². The van der Waals surface area contributed by atoms with Gasteiger partial charge in [0.05, 0.1) is 29.7 Å². The van der Waals surface area contributed by atoms with Gasteiger partial charge in [-0.15, -0.1) is 0 Å². The number of carbonyl (C=O) groups is 2. The molecule has 118 valence electrons. The molecule has 0 radical (unpaired) electrons. The van der Waals surface area contributed by atoms with Crippen molar-refractivity contribution < 1.29 is 23.7 Å². The minimum Gasteiger partial charge on any atom is -0.467 e. The van der Waals surface area contributed by atoms with E-state index in [1.807, 2.05) is 0 Å². The third-order valence-electron chi connectivity index (χ3n) is 3.47. The molecule has 8 nitrogen and oxygen atoms in total. The summed E-state index contributed by atoms with van der Waals surface area (Å²) in [4.78, 5) is 33.9. The molecule has 0 aliphatic carbocycles. The fourth-order valence-corrected chi connectivity index (χ4v) is 2.36. The van der Waals surface area contributed by atoms with Crippen molar-refractivity contribution >= 4 is 17.6 Å². The van der Waals surface area contributed by atoms with Crippen LogP contribution in [0.5, 0.6) is 0 Å².